The maximum absolute atomic E-state index is 10.6. The van der Waals surface area contributed by atoms with Gasteiger partial charge in [-0.2, -0.15) is 39.5 Å². The second-order valence-corrected chi connectivity index (χ2v) is 10.5. The standard InChI is InChI=1S/C24H26N6.3C2HF3O2/c1-18-5-3-7-21(27-18)15-29-12-11-28(2)23(16-29)24-22-9-8-20(14-30(22)17-26-24)19-6-4-10-25-13-19;3*3-2(4,5)1(6)7/h3-10,13-14,17,23H,11-12,15-16H2,1-2H3;3*(H,6,7). The Morgan fingerprint density at radius 3 is 1.86 bits per heavy atom. The number of carboxylic acid groups (broad SMARTS) is 3. The van der Waals surface area contributed by atoms with Crippen molar-refractivity contribution >= 4 is 23.4 Å². The number of fused-ring (bicyclic) bond motifs is 1. The Hall–Kier alpha value is -5.31. The van der Waals surface area contributed by atoms with E-state index in [1.54, 1.807) is 6.20 Å². The number of carboxylic acids is 3. The van der Waals surface area contributed by atoms with E-state index in [4.69, 9.17) is 34.7 Å². The fourth-order valence-electron chi connectivity index (χ4n) is 4.27. The van der Waals surface area contributed by atoms with Crippen molar-refractivity contribution in [3.63, 3.8) is 0 Å². The zero-order chi connectivity index (χ0) is 38.7. The molecule has 278 valence electrons. The Balaban J connectivity index is 0.000000352. The Morgan fingerprint density at radius 1 is 0.804 bits per heavy atom. The lowest BCUT2D eigenvalue weighted by Crippen LogP contribution is -2.46. The van der Waals surface area contributed by atoms with E-state index in [1.807, 2.05) is 31.6 Å². The van der Waals surface area contributed by atoms with Crippen molar-refractivity contribution in [3.8, 4) is 11.1 Å². The molecule has 0 radical (unpaired) electrons. The monoisotopic (exact) mass is 740 g/mol. The predicted molar refractivity (Wildman–Crippen MR) is 159 cm³/mol. The Kier molecular flexibility index (Phi) is 14.4. The van der Waals surface area contributed by atoms with Crippen LogP contribution in [0.2, 0.25) is 0 Å². The summed E-state index contributed by atoms with van der Waals surface area (Å²) in [6.45, 7) is 5.93. The number of imidazole rings is 1. The Morgan fingerprint density at radius 2 is 1.37 bits per heavy atom. The van der Waals surface area contributed by atoms with Crippen molar-refractivity contribution in [2.45, 2.75) is 38.0 Å². The number of hydrogen-bond acceptors (Lipinski definition) is 8. The molecule has 1 unspecified atom stereocenters. The summed E-state index contributed by atoms with van der Waals surface area (Å²) in [5, 5.41) is 21.4. The molecule has 21 heteroatoms. The lowest BCUT2D eigenvalue weighted by Gasteiger charge is -2.38. The van der Waals surface area contributed by atoms with Gasteiger partial charge in [0.1, 0.15) is 0 Å². The zero-order valence-electron chi connectivity index (χ0n) is 26.4. The minimum absolute atomic E-state index is 0.262. The molecule has 1 saturated heterocycles. The second-order valence-electron chi connectivity index (χ2n) is 10.5. The molecule has 51 heavy (non-hydrogen) atoms. The number of nitrogens with zero attached hydrogens (tertiary/aromatic N) is 6. The van der Waals surface area contributed by atoms with Gasteiger partial charge in [-0.1, -0.05) is 18.2 Å². The molecule has 1 fully saturated rings. The molecule has 0 aromatic carbocycles. The van der Waals surface area contributed by atoms with Crippen LogP contribution in [0.3, 0.4) is 0 Å². The third-order valence-corrected chi connectivity index (χ3v) is 6.66. The molecule has 1 atom stereocenters. The van der Waals surface area contributed by atoms with Crippen LogP contribution in [0.25, 0.3) is 16.6 Å². The number of aromatic nitrogens is 4. The van der Waals surface area contributed by atoms with Gasteiger partial charge in [0, 0.05) is 56.0 Å². The Labute approximate surface area is 282 Å². The van der Waals surface area contributed by atoms with E-state index in [2.05, 4.69) is 67.7 Å². The summed E-state index contributed by atoms with van der Waals surface area (Å²) in [4.78, 5) is 45.3. The SMILES string of the molecule is Cc1cccc(CN2CCN(C)C(c3ncn4cc(-c5cccnc5)ccc34)C2)n1.O=C(O)C(F)(F)F.O=C(O)C(F)(F)F.O=C(O)C(F)(F)F. The first-order valence-corrected chi connectivity index (χ1v) is 14.1. The molecule has 0 bridgehead atoms. The van der Waals surface area contributed by atoms with Crippen LogP contribution in [-0.2, 0) is 20.9 Å². The quantitative estimate of drug-likeness (QED) is 0.227. The molecule has 1 aliphatic rings. The number of aliphatic carboxylic acids is 3. The molecular weight excluding hydrogens is 711 g/mol. The summed E-state index contributed by atoms with van der Waals surface area (Å²) < 4.78 is 97.3. The molecule has 3 N–H and O–H groups in total. The lowest BCUT2D eigenvalue weighted by atomic mass is 10.1. The van der Waals surface area contributed by atoms with Crippen LogP contribution in [0, 0.1) is 6.92 Å². The third-order valence-electron chi connectivity index (χ3n) is 6.66. The predicted octanol–water partition coefficient (Wildman–Crippen LogP) is 5.49. The van der Waals surface area contributed by atoms with Gasteiger partial charge in [0.2, 0.25) is 0 Å². The molecule has 0 spiro atoms. The Bertz CT molecular complexity index is 1710. The van der Waals surface area contributed by atoms with Crippen LogP contribution >= 0.6 is 0 Å². The molecule has 1 aliphatic heterocycles. The van der Waals surface area contributed by atoms with Gasteiger partial charge < -0.3 is 19.7 Å². The number of alkyl halides is 9. The van der Waals surface area contributed by atoms with Gasteiger partial charge in [-0.25, -0.2) is 19.4 Å². The number of piperazine rings is 1. The van der Waals surface area contributed by atoms with Gasteiger partial charge >= 0.3 is 36.4 Å². The fraction of sp³-hybridized carbons (Fsp3) is 0.333. The van der Waals surface area contributed by atoms with Gasteiger partial charge in [-0.3, -0.25) is 19.8 Å². The second kappa shape index (κ2) is 17.6. The molecule has 0 saturated carbocycles. The fourth-order valence-corrected chi connectivity index (χ4v) is 4.27. The van der Waals surface area contributed by atoms with Gasteiger partial charge in [0.15, 0.2) is 0 Å². The summed E-state index contributed by atoms with van der Waals surface area (Å²) in [6.07, 6.45) is -7.49. The van der Waals surface area contributed by atoms with Crippen LogP contribution in [0.5, 0.6) is 0 Å². The van der Waals surface area contributed by atoms with Crippen molar-refractivity contribution in [2.75, 3.05) is 26.7 Å². The number of hydrogen-bond donors (Lipinski definition) is 3. The minimum atomic E-state index is -5.08. The first-order valence-electron chi connectivity index (χ1n) is 14.1. The summed E-state index contributed by atoms with van der Waals surface area (Å²) in [6, 6.07) is 14.9. The normalized spacial score (nSPS) is 15.3. The highest BCUT2D eigenvalue weighted by atomic mass is 19.4. The average molecular weight is 741 g/mol. The highest BCUT2D eigenvalue weighted by molar-refractivity contribution is 5.73. The summed E-state index contributed by atoms with van der Waals surface area (Å²) in [5.41, 5.74) is 6.76. The molecule has 4 aromatic rings. The first-order chi connectivity index (χ1) is 23.5. The van der Waals surface area contributed by atoms with Gasteiger partial charge in [-0.15, -0.1) is 0 Å². The van der Waals surface area contributed by atoms with Gasteiger partial charge in [-0.05, 0) is 43.8 Å². The van der Waals surface area contributed by atoms with E-state index in [-0.39, 0.29) is 6.04 Å². The lowest BCUT2D eigenvalue weighted by molar-refractivity contribution is -0.193. The van der Waals surface area contributed by atoms with Crippen molar-refractivity contribution < 1.29 is 69.2 Å². The average Bonchev–Trinajstić information content (AvgIpc) is 3.45. The molecule has 5 heterocycles. The summed E-state index contributed by atoms with van der Waals surface area (Å²) in [7, 11) is 2.20. The van der Waals surface area contributed by atoms with E-state index in [1.165, 1.54) is 0 Å². The number of likely N-dealkylation sites (N-methyl/N-ethyl adjacent to an activating group) is 1. The first kappa shape index (κ1) is 41.9. The number of pyridine rings is 3. The van der Waals surface area contributed by atoms with E-state index in [0.29, 0.717) is 0 Å². The van der Waals surface area contributed by atoms with E-state index < -0.39 is 36.4 Å². The molecule has 0 aliphatic carbocycles. The number of halogens is 9. The van der Waals surface area contributed by atoms with Crippen LogP contribution in [0.15, 0.2) is 67.4 Å². The van der Waals surface area contributed by atoms with Crippen LogP contribution in [-0.4, -0.2) is 108 Å². The van der Waals surface area contributed by atoms with E-state index in [0.717, 1.165) is 59.9 Å². The molecule has 12 nitrogen and oxygen atoms in total. The number of rotatable bonds is 4. The van der Waals surface area contributed by atoms with Crippen molar-refractivity contribution in [3.05, 3.63) is 84.5 Å². The van der Waals surface area contributed by atoms with Crippen LogP contribution < -0.4 is 0 Å². The maximum Gasteiger partial charge on any atom is 0.490 e. The van der Waals surface area contributed by atoms with Gasteiger partial charge in [0.25, 0.3) is 0 Å². The molecule has 5 rings (SSSR count). The maximum atomic E-state index is 10.6. The highest BCUT2D eigenvalue weighted by Gasteiger charge is 2.39. The van der Waals surface area contributed by atoms with E-state index >= 15 is 0 Å². The van der Waals surface area contributed by atoms with Crippen molar-refractivity contribution in [2.24, 2.45) is 0 Å². The van der Waals surface area contributed by atoms with Crippen LogP contribution in [0.1, 0.15) is 23.1 Å². The zero-order valence-corrected chi connectivity index (χ0v) is 26.4. The van der Waals surface area contributed by atoms with Crippen molar-refractivity contribution in [1.82, 2.24) is 29.2 Å². The third kappa shape index (κ3) is 13.5. The van der Waals surface area contributed by atoms with Crippen molar-refractivity contribution in [1.29, 1.82) is 0 Å². The van der Waals surface area contributed by atoms with Crippen LogP contribution in [0.4, 0.5) is 39.5 Å². The van der Waals surface area contributed by atoms with E-state index in [9.17, 15) is 39.5 Å². The number of carbonyl (C=O) groups is 3. The minimum Gasteiger partial charge on any atom is -0.475 e. The smallest absolute Gasteiger partial charge is 0.475 e. The topological polar surface area (TPSA) is 161 Å². The molecule has 0 amide bonds. The molecular formula is C30H29F9N6O6. The van der Waals surface area contributed by atoms with Gasteiger partial charge in [0.05, 0.1) is 29.3 Å². The largest absolute Gasteiger partial charge is 0.490 e. The molecule has 4 aromatic heterocycles. The number of aryl methyl sites for hydroxylation is 1. The summed E-state index contributed by atoms with van der Waals surface area (Å²) in [5.74, 6) is -8.27. The highest BCUT2D eigenvalue weighted by Crippen LogP contribution is 2.29. The summed E-state index contributed by atoms with van der Waals surface area (Å²) >= 11 is 0.